The SMILES string of the molecule is CCn1nc(C(=O)NCC2CCC(S(C)(=O)=O)CN2C(=O)OCc2ccccc2)c(Cl)c1-c1ccc(CC(C)(C)C(F)(F)F)cc1OC(F)F. The first kappa shape index (κ1) is 38.9. The molecule has 0 saturated carbocycles. The van der Waals surface area contributed by atoms with Gasteiger partial charge in [0.1, 0.15) is 12.4 Å². The third kappa shape index (κ3) is 9.24. The molecule has 2 aromatic carbocycles. The van der Waals surface area contributed by atoms with Gasteiger partial charge in [0.25, 0.3) is 5.91 Å². The second-order valence-corrected chi connectivity index (χ2v) is 15.4. The third-order valence-electron chi connectivity index (χ3n) is 8.55. The average molecular weight is 749 g/mol. The van der Waals surface area contributed by atoms with Crippen LogP contribution in [0.4, 0.5) is 26.7 Å². The molecular weight excluding hydrogens is 711 g/mol. The van der Waals surface area contributed by atoms with E-state index in [0.717, 1.165) is 31.7 Å². The highest BCUT2D eigenvalue weighted by Crippen LogP contribution is 2.43. The van der Waals surface area contributed by atoms with Crippen molar-refractivity contribution in [1.82, 2.24) is 20.0 Å². The van der Waals surface area contributed by atoms with E-state index in [2.05, 4.69) is 10.4 Å². The van der Waals surface area contributed by atoms with Gasteiger partial charge in [-0.2, -0.15) is 27.1 Å². The summed E-state index contributed by atoms with van der Waals surface area (Å²) in [6, 6.07) is 11.9. The van der Waals surface area contributed by atoms with Crippen LogP contribution in [-0.2, 0) is 34.1 Å². The molecule has 1 N–H and O–H groups in total. The first-order valence-corrected chi connectivity index (χ1v) is 18.0. The minimum Gasteiger partial charge on any atom is -0.445 e. The number of hydrogen-bond donors (Lipinski definition) is 1. The van der Waals surface area contributed by atoms with Crippen molar-refractivity contribution in [3.8, 4) is 17.0 Å². The molecular formula is C33H38ClF5N4O6S. The summed E-state index contributed by atoms with van der Waals surface area (Å²) in [4.78, 5) is 27.9. The van der Waals surface area contributed by atoms with E-state index in [4.69, 9.17) is 21.1 Å². The monoisotopic (exact) mass is 748 g/mol. The number of ether oxygens (including phenoxy) is 2. The van der Waals surface area contributed by atoms with Gasteiger partial charge >= 0.3 is 18.9 Å². The summed E-state index contributed by atoms with van der Waals surface area (Å²) in [6.07, 6.45) is -4.29. The summed E-state index contributed by atoms with van der Waals surface area (Å²) in [5.41, 5.74) is -1.64. The van der Waals surface area contributed by atoms with Crippen LogP contribution in [0.25, 0.3) is 11.3 Å². The van der Waals surface area contributed by atoms with Gasteiger partial charge in [-0.3, -0.25) is 9.48 Å². The summed E-state index contributed by atoms with van der Waals surface area (Å²) in [5, 5.41) is 5.88. The van der Waals surface area contributed by atoms with Gasteiger partial charge in [0, 0.05) is 31.5 Å². The molecule has 1 saturated heterocycles. The summed E-state index contributed by atoms with van der Waals surface area (Å²) in [7, 11) is -3.50. The number of benzene rings is 2. The number of aromatic nitrogens is 2. The standard InChI is InChI=1S/C33H38ClF5N4O6S/c1-5-43-28(24-14-11-21(15-25(24)49-30(35)36)16-32(2,3)33(37,38)39)26(34)27(41-43)29(44)40-17-22-12-13-23(50(4,46)47)18-42(22)31(45)48-19-20-9-7-6-8-10-20/h6-11,14-15,22-23,30H,5,12-13,16-19H2,1-4H3,(H,40,44). The average Bonchev–Trinajstić information content (AvgIpc) is 3.37. The molecule has 0 radical (unpaired) electrons. The lowest BCUT2D eigenvalue weighted by molar-refractivity contribution is -0.211. The number of carbonyl (C=O) groups excluding carboxylic acids is 2. The number of hydrogen-bond acceptors (Lipinski definition) is 7. The Morgan fingerprint density at radius 1 is 1.08 bits per heavy atom. The molecule has 274 valence electrons. The molecule has 10 nitrogen and oxygen atoms in total. The Balaban J connectivity index is 1.57. The predicted octanol–water partition coefficient (Wildman–Crippen LogP) is 6.90. The van der Waals surface area contributed by atoms with Crippen LogP contribution >= 0.6 is 11.6 Å². The van der Waals surface area contributed by atoms with E-state index in [9.17, 15) is 40.0 Å². The Morgan fingerprint density at radius 2 is 1.76 bits per heavy atom. The van der Waals surface area contributed by atoms with E-state index in [1.54, 1.807) is 37.3 Å². The molecule has 1 fully saturated rings. The highest BCUT2D eigenvalue weighted by atomic mass is 35.5. The van der Waals surface area contributed by atoms with E-state index in [0.29, 0.717) is 0 Å². The fourth-order valence-corrected chi connectivity index (χ4v) is 6.94. The van der Waals surface area contributed by atoms with Crippen LogP contribution in [0.3, 0.4) is 0 Å². The third-order valence-corrected chi connectivity index (χ3v) is 10.5. The van der Waals surface area contributed by atoms with Crippen LogP contribution < -0.4 is 10.1 Å². The molecule has 1 aromatic heterocycles. The second kappa shape index (κ2) is 15.5. The molecule has 0 bridgehead atoms. The van der Waals surface area contributed by atoms with Crippen molar-refractivity contribution >= 4 is 33.4 Å². The van der Waals surface area contributed by atoms with Gasteiger partial charge < -0.3 is 19.7 Å². The Bertz CT molecular complexity index is 1790. The molecule has 1 aliphatic rings. The van der Waals surface area contributed by atoms with Crippen LogP contribution in [0.2, 0.25) is 5.02 Å². The summed E-state index contributed by atoms with van der Waals surface area (Å²) in [6.45, 7) is 0.120. The van der Waals surface area contributed by atoms with Crippen molar-refractivity contribution < 1.29 is 49.4 Å². The van der Waals surface area contributed by atoms with Gasteiger partial charge in [0.15, 0.2) is 15.5 Å². The van der Waals surface area contributed by atoms with Crippen molar-refractivity contribution in [2.75, 3.05) is 19.3 Å². The number of likely N-dealkylation sites (tertiary alicyclic amines) is 1. The number of nitrogens with one attached hydrogen (secondary N) is 1. The number of nitrogens with zero attached hydrogens (tertiary/aromatic N) is 3. The van der Waals surface area contributed by atoms with E-state index in [1.807, 2.05) is 0 Å². The van der Waals surface area contributed by atoms with Crippen molar-refractivity contribution in [3.05, 3.63) is 70.4 Å². The Morgan fingerprint density at radius 3 is 2.36 bits per heavy atom. The van der Waals surface area contributed by atoms with Crippen molar-refractivity contribution in [3.63, 3.8) is 0 Å². The molecule has 2 unspecified atom stereocenters. The van der Waals surface area contributed by atoms with Gasteiger partial charge in [0.2, 0.25) is 0 Å². The first-order valence-electron chi connectivity index (χ1n) is 15.7. The number of amides is 2. The van der Waals surface area contributed by atoms with Gasteiger partial charge in [-0.1, -0.05) is 61.8 Å². The zero-order valence-electron chi connectivity index (χ0n) is 27.8. The molecule has 2 amide bonds. The van der Waals surface area contributed by atoms with Gasteiger partial charge in [-0.15, -0.1) is 0 Å². The maximum Gasteiger partial charge on any atom is 0.410 e. The van der Waals surface area contributed by atoms with Crippen LogP contribution in [0, 0.1) is 5.41 Å². The number of halogens is 6. The summed E-state index contributed by atoms with van der Waals surface area (Å²) >= 11 is 6.63. The molecule has 1 aliphatic heterocycles. The molecule has 50 heavy (non-hydrogen) atoms. The topological polar surface area (TPSA) is 120 Å². The number of piperidine rings is 1. The lowest BCUT2D eigenvalue weighted by Gasteiger charge is -2.38. The lowest BCUT2D eigenvalue weighted by atomic mass is 9.84. The minimum atomic E-state index is -4.56. The summed E-state index contributed by atoms with van der Waals surface area (Å²) in [5.74, 6) is -1.22. The van der Waals surface area contributed by atoms with Gasteiger partial charge in [-0.05, 0) is 49.4 Å². The van der Waals surface area contributed by atoms with E-state index in [1.165, 1.54) is 21.7 Å². The smallest absolute Gasteiger partial charge is 0.410 e. The fraction of sp³-hybridized carbons (Fsp3) is 0.485. The number of rotatable bonds is 12. The van der Waals surface area contributed by atoms with Gasteiger partial charge in [-0.25, -0.2) is 13.2 Å². The molecule has 2 heterocycles. The fourth-order valence-electron chi connectivity index (χ4n) is 5.62. The lowest BCUT2D eigenvalue weighted by Crippen LogP contribution is -2.54. The largest absolute Gasteiger partial charge is 0.445 e. The molecule has 4 rings (SSSR count). The van der Waals surface area contributed by atoms with E-state index in [-0.39, 0.29) is 66.6 Å². The van der Waals surface area contributed by atoms with Crippen LogP contribution in [0.15, 0.2) is 48.5 Å². The number of aryl methyl sites for hydroxylation is 1. The molecule has 17 heteroatoms. The van der Waals surface area contributed by atoms with E-state index < -0.39 is 63.5 Å². The van der Waals surface area contributed by atoms with Gasteiger partial charge in [0.05, 0.1) is 27.4 Å². The van der Waals surface area contributed by atoms with Crippen LogP contribution in [0.5, 0.6) is 5.75 Å². The second-order valence-electron chi connectivity index (χ2n) is 12.7. The Labute approximate surface area is 291 Å². The highest BCUT2D eigenvalue weighted by molar-refractivity contribution is 7.91. The molecule has 0 spiro atoms. The maximum absolute atomic E-state index is 13.5. The van der Waals surface area contributed by atoms with Crippen LogP contribution in [0.1, 0.15) is 55.2 Å². The number of carbonyl (C=O) groups is 2. The Hall–Kier alpha value is -3.92. The molecule has 3 aromatic rings. The van der Waals surface area contributed by atoms with Crippen molar-refractivity contribution in [2.24, 2.45) is 5.41 Å². The molecule has 2 atom stereocenters. The Kier molecular flexibility index (Phi) is 12.1. The van der Waals surface area contributed by atoms with Crippen molar-refractivity contribution in [1.29, 1.82) is 0 Å². The zero-order chi connectivity index (χ0) is 37.0. The number of sulfone groups is 1. The normalized spacial score (nSPS) is 17.1. The minimum absolute atomic E-state index is 0.0244. The molecule has 0 aliphatic carbocycles. The zero-order valence-corrected chi connectivity index (χ0v) is 29.3. The van der Waals surface area contributed by atoms with Crippen LogP contribution in [-0.4, -0.2) is 78.5 Å². The first-order chi connectivity index (χ1) is 23.3. The van der Waals surface area contributed by atoms with Crippen molar-refractivity contribution in [2.45, 2.75) is 77.3 Å². The maximum atomic E-state index is 13.5. The predicted molar refractivity (Wildman–Crippen MR) is 176 cm³/mol. The highest BCUT2D eigenvalue weighted by Gasteiger charge is 2.47. The number of alkyl halides is 5. The quantitative estimate of drug-likeness (QED) is 0.200. The van der Waals surface area contributed by atoms with E-state index >= 15 is 0 Å². The summed E-state index contributed by atoms with van der Waals surface area (Å²) < 4.78 is 104.